The minimum absolute atomic E-state index is 0.146. The number of hydrogen-bond donors (Lipinski definition) is 0. The smallest absolute Gasteiger partial charge is 0.186 e. The minimum Gasteiger partial charge on any atom is -0.289 e. The maximum absolute atomic E-state index is 13.5. The molecule has 0 fully saturated rings. The highest BCUT2D eigenvalue weighted by atomic mass is 16.3. The SMILES string of the molecule is CC(C)(C)c1cc(-c2cccc(/C=C/c3ccccc3-c3cc(C(C)(C)C)c([O])c(C(C)(C)C)c3)c2)cc(C(C)(C)C)c1[O]. The highest BCUT2D eigenvalue weighted by Crippen LogP contribution is 2.44. The Morgan fingerprint density at radius 3 is 1.32 bits per heavy atom. The van der Waals surface area contributed by atoms with Crippen LogP contribution in [0, 0.1) is 0 Å². The standard InChI is InChI=1S/C42H50O2/c1-39(2,3)33-23-30(24-34(37(33)43)40(4,5)6)29-18-15-16-27(22-29)20-21-28-17-13-14-19-32(28)31-25-35(41(7,8)9)38(44)36(26-31)42(10,11)12/h13-26H,1-12H3/b21-20+. The molecule has 230 valence electrons. The Balaban J connectivity index is 1.80. The van der Waals surface area contributed by atoms with Crippen molar-refractivity contribution >= 4 is 12.2 Å². The van der Waals surface area contributed by atoms with Crippen molar-refractivity contribution in [1.29, 1.82) is 0 Å². The summed E-state index contributed by atoms with van der Waals surface area (Å²) >= 11 is 0. The summed E-state index contributed by atoms with van der Waals surface area (Å²) < 4.78 is 0. The predicted molar refractivity (Wildman–Crippen MR) is 188 cm³/mol. The molecular weight excluding hydrogens is 536 g/mol. The van der Waals surface area contributed by atoms with Gasteiger partial charge >= 0.3 is 0 Å². The van der Waals surface area contributed by atoms with E-state index in [0.717, 1.165) is 55.6 Å². The lowest BCUT2D eigenvalue weighted by Gasteiger charge is -2.27. The first-order chi connectivity index (χ1) is 20.2. The normalized spacial score (nSPS) is 13.1. The van der Waals surface area contributed by atoms with Crippen LogP contribution in [0.3, 0.4) is 0 Å². The molecule has 2 nitrogen and oxygen atoms in total. The third-order valence-electron chi connectivity index (χ3n) is 8.36. The molecule has 4 aromatic carbocycles. The van der Waals surface area contributed by atoms with Crippen molar-refractivity contribution in [3.63, 3.8) is 0 Å². The van der Waals surface area contributed by atoms with Crippen molar-refractivity contribution in [1.82, 2.24) is 0 Å². The molecule has 0 N–H and O–H groups in total. The van der Waals surface area contributed by atoms with Gasteiger partial charge in [-0.15, -0.1) is 0 Å². The molecule has 0 aliphatic carbocycles. The molecule has 0 aliphatic heterocycles. The van der Waals surface area contributed by atoms with E-state index in [1.807, 2.05) is 0 Å². The van der Waals surface area contributed by atoms with Crippen LogP contribution >= 0.6 is 0 Å². The second-order valence-corrected chi connectivity index (χ2v) is 16.3. The molecule has 0 aliphatic rings. The zero-order valence-electron chi connectivity index (χ0n) is 28.9. The quantitative estimate of drug-likeness (QED) is 0.213. The van der Waals surface area contributed by atoms with Gasteiger partial charge in [0.25, 0.3) is 0 Å². The Kier molecular flexibility index (Phi) is 8.75. The number of rotatable bonds is 4. The van der Waals surface area contributed by atoms with Gasteiger partial charge in [-0.1, -0.05) is 138 Å². The summed E-state index contributed by atoms with van der Waals surface area (Å²) in [6.07, 6.45) is 4.31. The second kappa shape index (κ2) is 11.6. The molecule has 4 aromatic rings. The number of benzene rings is 4. The largest absolute Gasteiger partial charge is 0.289 e. The molecule has 0 atom stereocenters. The molecule has 44 heavy (non-hydrogen) atoms. The first kappa shape index (κ1) is 33.1. The molecule has 0 unspecified atom stereocenters. The van der Waals surface area contributed by atoms with Gasteiger partial charge < -0.3 is 0 Å². The first-order valence-corrected chi connectivity index (χ1v) is 15.8. The molecule has 2 heteroatoms. The van der Waals surface area contributed by atoms with E-state index in [-0.39, 0.29) is 33.2 Å². The summed E-state index contributed by atoms with van der Waals surface area (Å²) in [4.78, 5) is 0. The van der Waals surface area contributed by atoms with E-state index >= 15 is 0 Å². The van der Waals surface area contributed by atoms with Crippen molar-refractivity contribution in [3.8, 4) is 33.8 Å². The van der Waals surface area contributed by atoms with Crippen LogP contribution in [0.5, 0.6) is 11.5 Å². The summed E-state index contributed by atoms with van der Waals surface area (Å²) in [5.41, 5.74) is 8.87. The molecule has 0 saturated heterocycles. The van der Waals surface area contributed by atoms with Crippen molar-refractivity contribution in [2.75, 3.05) is 0 Å². The van der Waals surface area contributed by atoms with Crippen LogP contribution in [-0.4, -0.2) is 0 Å². The average molecular weight is 587 g/mol. The summed E-state index contributed by atoms with van der Waals surface area (Å²) in [6.45, 7) is 25.3. The van der Waals surface area contributed by atoms with Crippen LogP contribution in [0.15, 0.2) is 72.8 Å². The third kappa shape index (κ3) is 7.12. The Morgan fingerprint density at radius 1 is 0.432 bits per heavy atom. The second-order valence-electron chi connectivity index (χ2n) is 16.3. The van der Waals surface area contributed by atoms with Gasteiger partial charge in [0.1, 0.15) is 0 Å². The maximum atomic E-state index is 13.5. The van der Waals surface area contributed by atoms with Gasteiger partial charge in [-0.05, 0) is 85.4 Å². The lowest BCUT2D eigenvalue weighted by atomic mass is 9.77. The maximum Gasteiger partial charge on any atom is 0.186 e. The van der Waals surface area contributed by atoms with E-state index in [1.165, 1.54) is 0 Å². The van der Waals surface area contributed by atoms with E-state index in [1.54, 1.807) is 0 Å². The van der Waals surface area contributed by atoms with Crippen LogP contribution < -0.4 is 0 Å². The van der Waals surface area contributed by atoms with Crippen LogP contribution in [-0.2, 0) is 31.9 Å². The fourth-order valence-corrected chi connectivity index (χ4v) is 5.72. The molecule has 0 aromatic heterocycles. The van der Waals surface area contributed by atoms with Gasteiger partial charge in [-0.3, -0.25) is 10.2 Å². The molecule has 0 amide bonds. The molecule has 0 heterocycles. The number of hydrogen-bond acceptors (Lipinski definition) is 0. The first-order valence-electron chi connectivity index (χ1n) is 15.8. The zero-order valence-corrected chi connectivity index (χ0v) is 28.9. The van der Waals surface area contributed by atoms with E-state index < -0.39 is 0 Å². The monoisotopic (exact) mass is 586 g/mol. The van der Waals surface area contributed by atoms with Gasteiger partial charge in [-0.2, -0.15) is 0 Å². The Bertz CT molecular complexity index is 1620. The highest BCUT2D eigenvalue weighted by molar-refractivity contribution is 5.83. The van der Waals surface area contributed by atoms with Crippen molar-refractivity contribution in [3.05, 3.63) is 106 Å². The van der Waals surface area contributed by atoms with Crippen molar-refractivity contribution in [2.24, 2.45) is 0 Å². The molecule has 4 rings (SSSR count). The zero-order chi connectivity index (χ0) is 32.8. The van der Waals surface area contributed by atoms with Crippen LogP contribution in [0.4, 0.5) is 0 Å². The topological polar surface area (TPSA) is 39.8 Å². The fourth-order valence-electron chi connectivity index (χ4n) is 5.72. The van der Waals surface area contributed by atoms with Crippen molar-refractivity contribution < 1.29 is 10.2 Å². The molecular formula is C42H50O2. The summed E-state index contributed by atoms with van der Waals surface area (Å²) in [6, 6.07) is 25.2. The van der Waals surface area contributed by atoms with E-state index in [0.29, 0.717) is 0 Å². The minimum atomic E-state index is -0.262. The van der Waals surface area contributed by atoms with Crippen LogP contribution in [0.25, 0.3) is 34.4 Å². The molecule has 2 radical (unpaired) electrons. The van der Waals surface area contributed by atoms with Crippen LogP contribution in [0.2, 0.25) is 0 Å². The van der Waals surface area contributed by atoms with E-state index in [9.17, 15) is 10.2 Å². The van der Waals surface area contributed by atoms with E-state index in [4.69, 9.17) is 0 Å². The Morgan fingerprint density at radius 2 is 0.864 bits per heavy atom. The van der Waals surface area contributed by atoms with E-state index in [2.05, 4.69) is 168 Å². The van der Waals surface area contributed by atoms with Crippen LogP contribution in [0.1, 0.15) is 116 Å². The third-order valence-corrected chi connectivity index (χ3v) is 8.36. The highest BCUT2D eigenvalue weighted by Gasteiger charge is 2.29. The Hall–Kier alpha value is -3.78. The summed E-state index contributed by atoms with van der Waals surface area (Å²) in [5, 5.41) is 27.0. The summed E-state index contributed by atoms with van der Waals surface area (Å²) in [5.74, 6) is 0.295. The van der Waals surface area contributed by atoms with Gasteiger partial charge in [-0.25, -0.2) is 0 Å². The lowest BCUT2D eigenvalue weighted by Crippen LogP contribution is -2.17. The lowest BCUT2D eigenvalue weighted by molar-refractivity contribution is 0.326. The average Bonchev–Trinajstić information content (AvgIpc) is 2.90. The van der Waals surface area contributed by atoms with Gasteiger partial charge in [0, 0.05) is 22.3 Å². The van der Waals surface area contributed by atoms with Crippen molar-refractivity contribution in [2.45, 2.75) is 105 Å². The molecule has 0 bridgehead atoms. The molecule has 0 spiro atoms. The predicted octanol–water partition coefficient (Wildman–Crippen LogP) is 12.7. The van der Waals surface area contributed by atoms with Gasteiger partial charge in [0.2, 0.25) is 0 Å². The Labute approximate surface area is 266 Å². The van der Waals surface area contributed by atoms with Gasteiger partial charge in [0.15, 0.2) is 11.5 Å². The van der Waals surface area contributed by atoms with Gasteiger partial charge in [0.05, 0.1) is 0 Å². The fraction of sp³-hybridized carbons (Fsp3) is 0.381. The summed E-state index contributed by atoms with van der Waals surface area (Å²) in [7, 11) is 0. The molecule has 0 saturated carbocycles.